The standard InChI is InChI=1S/C25H37BO3/c1-15(2)9-10-19-21(26)20(22(27)18(7)8)24(29)25(23(19)28,13-11-16(3)4)14-12-17(5)6/h9,11-12,18,28H,10,13-14,26H2,1-8H3. The molecule has 0 saturated heterocycles. The molecule has 1 rings (SSSR count). The van der Waals surface area contributed by atoms with E-state index in [1.54, 1.807) is 7.85 Å². The average molecular weight is 396 g/mol. The molecule has 0 aromatic heterocycles. The quantitative estimate of drug-likeness (QED) is 0.333. The molecule has 0 radical (unpaired) electrons. The van der Waals surface area contributed by atoms with Gasteiger partial charge in [0, 0.05) is 5.92 Å². The van der Waals surface area contributed by atoms with Gasteiger partial charge in [0.2, 0.25) is 0 Å². The molecule has 0 bridgehead atoms. The molecule has 3 nitrogen and oxygen atoms in total. The monoisotopic (exact) mass is 396 g/mol. The molecular formula is C25H37BO3. The van der Waals surface area contributed by atoms with Gasteiger partial charge >= 0.3 is 0 Å². The molecule has 0 amide bonds. The number of hydrogen-bond donors (Lipinski definition) is 1. The molecule has 0 spiro atoms. The normalized spacial score (nSPS) is 16.1. The van der Waals surface area contributed by atoms with E-state index >= 15 is 0 Å². The van der Waals surface area contributed by atoms with E-state index in [9.17, 15) is 14.7 Å². The summed E-state index contributed by atoms with van der Waals surface area (Å²) in [5, 5.41) is 11.4. The average Bonchev–Trinajstić information content (AvgIpc) is 2.60. The van der Waals surface area contributed by atoms with Crippen LogP contribution in [-0.2, 0) is 9.59 Å². The van der Waals surface area contributed by atoms with E-state index in [2.05, 4.69) is 0 Å². The number of rotatable bonds is 8. The van der Waals surface area contributed by atoms with Crippen molar-refractivity contribution in [2.75, 3.05) is 0 Å². The minimum absolute atomic E-state index is 0.118. The highest BCUT2D eigenvalue weighted by Gasteiger charge is 2.48. The van der Waals surface area contributed by atoms with Gasteiger partial charge in [-0.15, -0.1) is 0 Å². The van der Waals surface area contributed by atoms with E-state index < -0.39 is 5.41 Å². The lowest BCUT2D eigenvalue weighted by molar-refractivity contribution is -0.128. The fourth-order valence-corrected chi connectivity index (χ4v) is 3.49. The summed E-state index contributed by atoms with van der Waals surface area (Å²) < 4.78 is 0. The first kappa shape index (κ1) is 24.9. The molecule has 1 aliphatic rings. The Balaban J connectivity index is 3.86. The first-order valence-electron chi connectivity index (χ1n) is 10.5. The van der Waals surface area contributed by atoms with Gasteiger partial charge in [-0.3, -0.25) is 9.59 Å². The van der Waals surface area contributed by atoms with Crippen molar-refractivity contribution in [3.63, 3.8) is 0 Å². The lowest BCUT2D eigenvalue weighted by Gasteiger charge is -2.37. The first-order valence-corrected chi connectivity index (χ1v) is 10.5. The molecule has 1 aliphatic carbocycles. The number of carbonyl (C=O) groups excluding carboxylic acids is 2. The van der Waals surface area contributed by atoms with Crippen LogP contribution >= 0.6 is 0 Å². The second-order valence-electron chi connectivity index (χ2n) is 9.21. The molecule has 0 saturated carbocycles. The summed E-state index contributed by atoms with van der Waals surface area (Å²) in [5.74, 6) is -0.554. The summed E-state index contributed by atoms with van der Waals surface area (Å²) >= 11 is 0. The smallest absolute Gasteiger partial charge is 0.180 e. The Morgan fingerprint density at radius 2 is 1.41 bits per heavy atom. The number of Topliss-reactive ketones (excluding diaryl/α,β-unsaturated/α-hetero) is 2. The number of hydrogen-bond acceptors (Lipinski definition) is 3. The Labute approximate surface area is 177 Å². The zero-order chi connectivity index (χ0) is 22.5. The Hall–Kier alpha value is -2.10. The largest absolute Gasteiger partial charge is 0.511 e. The highest BCUT2D eigenvalue weighted by molar-refractivity contribution is 6.36. The lowest BCUT2D eigenvalue weighted by atomic mass is 9.61. The SMILES string of the molecule is BC1=C(C(=O)C(C)C)C(=O)C(CC=C(C)C)(CC=C(C)C)C(O)=C1CC=C(C)C. The minimum atomic E-state index is -1.13. The van der Waals surface area contributed by atoms with Gasteiger partial charge < -0.3 is 5.11 Å². The molecule has 4 heteroatoms. The van der Waals surface area contributed by atoms with E-state index in [0.717, 1.165) is 16.7 Å². The molecule has 1 N–H and O–H groups in total. The van der Waals surface area contributed by atoms with Gasteiger partial charge in [0.05, 0.1) is 11.0 Å². The third-order valence-electron chi connectivity index (χ3n) is 5.43. The van der Waals surface area contributed by atoms with Crippen molar-refractivity contribution in [2.24, 2.45) is 11.3 Å². The lowest BCUT2D eigenvalue weighted by Crippen LogP contribution is -2.41. The zero-order valence-corrected chi connectivity index (χ0v) is 19.7. The van der Waals surface area contributed by atoms with Crippen molar-refractivity contribution in [3.05, 3.63) is 57.3 Å². The van der Waals surface area contributed by atoms with E-state index in [0.29, 0.717) is 30.3 Å². The molecule has 0 aromatic rings. The maximum absolute atomic E-state index is 13.8. The van der Waals surface area contributed by atoms with Gasteiger partial charge in [0.15, 0.2) is 11.6 Å². The van der Waals surface area contributed by atoms with E-state index in [-0.39, 0.29) is 28.8 Å². The summed E-state index contributed by atoms with van der Waals surface area (Å²) in [6, 6.07) is 0. The molecular weight excluding hydrogens is 359 g/mol. The number of aliphatic hydroxyl groups is 1. The van der Waals surface area contributed by atoms with Crippen molar-refractivity contribution >= 4 is 19.4 Å². The van der Waals surface area contributed by atoms with Crippen molar-refractivity contribution in [1.82, 2.24) is 0 Å². The van der Waals surface area contributed by atoms with Crippen LogP contribution in [0.3, 0.4) is 0 Å². The summed E-state index contributed by atoms with van der Waals surface area (Å²) in [6.07, 6.45) is 7.28. The van der Waals surface area contributed by atoms with Crippen LogP contribution in [0.15, 0.2) is 57.3 Å². The second kappa shape index (κ2) is 10.1. The van der Waals surface area contributed by atoms with E-state index in [4.69, 9.17) is 0 Å². The fraction of sp³-hybridized carbons (Fsp3) is 0.520. The van der Waals surface area contributed by atoms with Crippen LogP contribution < -0.4 is 0 Å². The summed E-state index contributed by atoms with van der Waals surface area (Å²) in [5.41, 5.74) is 3.75. The molecule has 0 aromatic carbocycles. The molecule has 0 heterocycles. The van der Waals surface area contributed by atoms with Crippen LogP contribution in [0.4, 0.5) is 0 Å². The van der Waals surface area contributed by atoms with Crippen molar-refractivity contribution in [3.8, 4) is 0 Å². The topological polar surface area (TPSA) is 54.4 Å². The van der Waals surface area contributed by atoms with Crippen molar-refractivity contribution < 1.29 is 14.7 Å². The van der Waals surface area contributed by atoms with Gasteiger partial charge in [0.25, 0.3) is 0 Å². The maximum atomic E-state index is 13.8. The fourth-order valence-electron chi connectivity index (χ4n) is 3.49. The highest BCUT2D eigenvalue weighted by atomic mass is 16.3. The summed E-state index contributed by atoms with van der Waals surface area (Å²) in [6.45, 7) is 15.6. The van der Waals surface area contributed by atoms with Crippen molar-refractivity contribution in [1.29, 1.82) is 0 Å². The number of carbonyl (C=O) groups is 2. The van der Waals surface area contributed by atoms with Crippen LogP contribution in [0, 0.1) is 11.3 Å². The Morgan fingerprint density at radius 3 is 1.79 bits per heavy atom. The number of ketones is 2. The molecule has 0 fully saturated rings. The third-order valence-corrected chi connectivity index (χ3v) is 5.43. The van der Waals surface area contributed by atoms with Crippen LogP contribution in [0.5, 0.6) is 0 Å². The zero-order valence-electron chi connectivity index (χ0n) is 19.7. The van der Waals surface area contributed by atoms with Gasteiger partial charge in [-0.2, -0.15) is 0 Å². The van der Waals surface area contributed by atoms with Crippen LogP contribution in [-0.4, -0.2) is 24.5 Å². The minimum Gasteiger partial charge on any atom is -0.511 e. The third kappa shape index (κ3) is 5.71. The van der Waals surface area contributed by atoms with Crippen molar-refractivity contribution in [2.45, 2.75) is 74.7 Å². The molecule has 158 valence electrons. The highest BCUT2D eigenvalue weighted by Crippen LogP contribution is 2.47. The van der Waals surface area contributed by atoms with Crippen LogP contribution in [0.2, 0.25) is 0 Å². The molecule has 0 unspecified atom stereocenters. The van der Waals surface area contributed by atoms with E-state index in [1.165, 1.54) is 0 Å². The summed E-state index contributed by atoms with van der Waals surface area (Å²) in [7, 11) is 1.80. The Bertz CT molecular complexity index is 800. The van der Waals surface area contributed by atoms with Gasteiger partial charge in [-0.05, 0) is 66.4 Å². The Morgan fingerprint density at radius 1 is 0.966 bits per heavy atom. The molecule has 0 atom stereocenters. The van der Waals surface area contributed by atoms with Gasteiger partial charge in [-0.25, -0.2) is 0 Å². The predicted molar refractivity (Wildman–Crippen MR) is 125 cm³/mol. The first-order chi connectivity index (χ1) is 13.3. The number of aliphatic hydroxyl groups excluding tert-OH is 1. The number of allylic oxidation sites excluding steroid dienone is 10. The van der Waals surface area contributed by atoms with E-state index in [1.807, 2.05) is 73.6 Å². The second-order valence-corrected chi connectivity index (χ2v) is 9.21. The summed E-state index contributed by atoms with van der Waals surface area (Å²) in [4.78, 5) is 26.8. The Kier molecular flexibility index (Phi) is 8.68. The van der Waals surface area contributed by atoms with Crippen LogP contribution in [0.25, 0.3) is 0 Å². The molecule has 29 heavy (non-hydrogen) atoms. The maximum Gasteiger partial charge on any atom is 0.180 e. The van der Waals surface area contributed by atoms with Crippen LogP contribution in [0.1, 0.15) is 74.7 Å². The predicted octanol–water partition coefficient (Wildman–Crippen LogP) is 5.55. The molecule has 0 aliphatic heterocycles. The van der Waals surface area contributed by atoms with Gasteiger partial charge in [-0.1, -0.05) is 54.3 Å². The van der Waals surface area contributed by atoms with Gasteiger partial charge in [0.1, 0.15) is 13.6 Å².